The normalized spacial score (nSPS) is 23.4. The molecule has 0 amide bonds. The highest BCUT2D eigenvalue weighted by atomic mass is 32.1. The van der Waals surface area contributed by atoms with Crippen LogP contribution in [0.25, 0.3) is 0 Å². The Morgan fingerprint density at radius 1 is 1.37 bits per heavy atom. The topological polar surface area (TPSA) is 49.3 Å². The molecule has 2 rings (SSSR count). The third-order valence-corrected chi connectivity index (χ3v) is 5.11. The van der Waals surface area contributed by atoms with E-state index < -0.39 is 5.97 Å². The van der Waals surface area contributed by atoms with Crippen molar-refractivity contribution >= 4 is 17.3 Å². The molecule has 2 N–H and O–H groups in total. The molecule has 1 aliphatic rings. The predicted molar refractivity (Wildman–Crippen MR) is 78.7 cm³/mol. The molecule has 0 unspecified atom stereocenters. The Kier molecular flexibility index (Phi) is 5.40. The van der Waals surface area contributed by atoms with Crippen LogP contribution in [0.15, 0.2) is 11.4 Å². The van der Waals surface area contributed by atoms with E-state index in [0.29, 0.717) is 5.56 Å². The van der Waals surface area contributed by atoms with Crippen LogP contribution in [0.3, 0.4) is 0 Å². The lowest BCUT2D eigenvalue weighted by Crippen LogP contribution is -2.25. The van der Waals surface area contributed by atoms with E-state index in [1.165, 1.54) is 43.4 Å². The van der Waals surface area contributed by atoms with Gasteiger partial charge in [-0.15, -0.1) is 11.3 Å². The number of rotatable bonds is 6. The Hall–Kier alpha value is -0.870. The van der Waals surface area contributed by atoms with E-state index in [1.807, 2.05) is 0 Å². The van der Waals surface area contributed by atoms with Gasteiger partial charge in [0.05, 0.1) is 5.56 Å². The van der Waals surface area contributed by atoms with Crippen molar-refractivity contribution in [1.29, 1.82) is 0 Å². The third kappa shape index (κ3) is 4.32. The molecule has 1 aliphatic carbocycles. The largest absolute Gasteiger partial charge is 0.478 e. The van der Waals surface area contributed by atoms with Gasteiger partial charge < -0.3 is 10.4 Å². The van der Waals surface area contributed by atoms with E-state index in [-0.39, 0.29) is 0 Å². The summed E-state index contributed by atoms with van der Waals surface area (Å²) in [5, 5.41) is 14.0. The predicted octanol–water partition coefficient (Wildman–Crippen LogP) is 3.75. The van der Waals surface area contributed by atoms with Crippen LogP contribution in [-0.4, -0.2) is 17.6 Å². The third-order valence-electron chi connectivity index (χ3n) is 4.18. The van der Waals surface area contributed by atoms with Gasteiger partial charge in [0, 0.05) is 16.8 Å². The summed E-state index contributed by atoms with van der Waals surface area (Å²) in [7, 11) is 0. The van der Waals surface area contributed by atoms with Gasteiger partial charge in [0.1, 0.15) is 0 Å². The van der Waals surface area contributed by atoms with Gasteiger partial charge in [-0.25, -0.2) is 4.79 Å². The monoisotopic (exact) mass is 281 g/mol. The summed E-state index contributed by atoms with van der Waals surface area (Å²) in [5.74, 6) is 0.925. The van der Waals surface area contributed by atoms with Gasteiger partial charge in [0.25, 0.3) is 0 Å². The molecule has 0 aliphatic heterocycles. The summed E-state index contributed by atoms with van der Waals surface area (Å²) in [6.07, 6.45) is 6.77. The minimum atomic E-state index is -0.833. The number of nitrogens with one attached hydrogen (secondary N) is 1. The average Bonchev–Trinajstić information content (AvgIpc) is 2.89. The SMILES string of the molecule is CCC1CCC(CNCc2cc(C(=O)O)cs2)CC1. The Morgan fingerprint density at radius 2 is 2.05 bits per heavy atom. The first-order valence-electron chi connectivity index (χ1n) is 7.20. The molecule has 19 heavy (non-hydrogen) atoms. The molecule has 0 aromatic carbocycles. The maximum atomic E-state index is 10.8. The quantitative estimate of drug-likeness (QED) is 0.835. The zero-order valence-corrected chi connectivity index (χ0v) is 12.3. The van der Waals surface area contributed by atoms with Crippen molar-refractivity contribution in [3.05, 3.63) is 21.9 Å². The second-order valence-electron chi connectivity index (χ2n) is 5.53. The van der Waals surface area contributed by atoms with Gasteiger partial charge in [-0.05, 0) is 37.3 Å². The van der Waals surface area contributed by atoms with Crippen molar-refractivity contribution < 1.29 is 9.90 Å². The molecule has 0 saturated heterocycles. The standard InChI is InChI=1S/C15H23NO2S/c1-2-11-3-5-12(6-4-11)8-16-9-14-7-13(10-19-14)15(17)18/h7,10-12,16H,2-6,8-9H2,1H3,(H,17,18). The molecule has 3 nitrogen and oxygen atoms in total. The first-order chi connectivity index (χ1) is 9.19. The van der Waals surface area contributed by atoms with Crippen molar-refractivity contribution in [2.24, 2.45) is 11.8 Å². The fourth-order valence-corrected chi connectivity index (χ4v) is 3.66. The second-order valence-corrected chi connectivity index (χ2v) is 6.53. The molecule has 106 valence electrons. The molecule has 0 bridgehead atoms. The Bertz CT molecular complexity index is 408. The molecular weight excluding hydrogens is 258 g/mol. The molecule has 1 aromatic rings. The first-order valence-corrected chi connectivity index (χ1v) is 8.08. The number of carbonyl (C=O) groups is 1. The molecule has 1 fully saturated rings. The van der Waals surface area contributed by atoms with Crippen LogP contribution in [0.2, 0.25) is 0 Å². The smallest absolute Gasteiger partial charge is 0.336 e. The zero-order chi connectivity index (χ0) is 13.7. The number of hydrogen-bond donors (Lipinski definition) is 2. The summed E-state index contributed by atoms with van der Waals surface area (Å²) < 4.78 is 0. The van der Waals surface area contributed by atoms with E-state index in [4.69, 9.17) is 5.11 Å². The minimum absolute atomic E-state index is 0.408. The number of carboxylic acids is 1. The van der Waals surface area contributed by atoms with Crippen LogP contribution in [-0.2, 0) is 6.54 Å². The maximum Gasteiger partial charge on any atom is 0.336 e. The lowest BCUT2D eigenvalue weighted by atomic mass is 9.81. The van der Waals surface area contributed by atoms with Crippen molar-refractivity contribution in [2.45, 2.75) is 45.6 Å². The van der Waals surface area contributed by atoms with E-state index in [2.05, 4.69) is 12.2 Å². The number of aromatic carboxylic acids is 1. The molecule has 1 aromatic heterocycles. The van der Waals surface area contributed by atoms with E-state index >= 15 is 0 Å². The van der Waals surface area contributed by atoms with Gasteiger partial charge >= 0.3 is 5.97 Å². The minimum Gasteiger partial charge on any atom is -0.478 e. The Labute approximate surface area is 119 Å². The number of carboxylic acid groups (broad SMARTS) is 1. The summed E-state index contributed by atoms with van der Waals surface area (Å²) in [5.41, 5.74) is 0.408. The fraction of sp³-hybridized carbons (Fsp3) is 0.667. The molecule has 1 heterocycles. The lowest BCUT2D eigenvalue weighted by Gasteiger charge is -2.27. The summed E-state index contributed by atoms with van der Waals surface area (Å²) >= 11 is 1.53. The highest BCUT2D eigenvalue weighted by Crippen LogP contribution is 2.30. The van der Waals surface area contributed by atoms with E-state index in [9.17, 15) is 4.79 Å². The second kappa shape index (κ2) is 7.06. The molecule has 0 radical (unpaired) electrons. The van der Waals surface area contributed by atoms with Crippen LogP contribution in [0, 0.1) is 11.8 Å². The summed E-state index contributed by atoms with van der Waals surface area (Å²) in [6.45, 7) is 4.16. The van der Waals surface area contributed by atoms with Gasteiger partial charge in [0.15, 0.2) is 0 Å². The van der Waals surface area contributed by atoms with Crippen LogP contribution < -0.4 is 5.32 Å². The molecule has 0 spiro atoms. The van der Waals surface area contributed by atoms with Crippen molar-refractivity contribution in [3.8, 4) is 0 Å². The van der Waals surface area contributed by atoms with Crippen LogP contribution in [0.5, 0.6) is 0 Å². The summed E-state index contributed by atoms with van der Waals surface area (Å²) in [6, 6.07) is 1.77. The van der Waals surface area contributed by atoms with Crippen LogP contribution in [0.4, 0.5) is 0 Å². The van der Waals surface area contributed by atoms with Gasteiger partial charge in [-0.1, -0.05) is 26.2 Å². The highest BCUT2D eigenvalue weighted by molar-refractivity contribution is 7.10. The van der Waals surface area contributed by atoms with E-state index in [1.54, 1.807) is 11.4 Å². The average molecular weight is 281 g/mol. The fourth-order valence-electron chi connectivity index (χ4n) is 2.83. The number of thiophene rings is 1. The van der Waals surface area contributed by atoms with Crippen LogP contribution >= 0.6 is 11.3 Å². The lowest BCUT2D eigenvalue weighted by molar-refractivity contribution is 0.0697. The molecule has 0 atom stereocenters. The Morgan fingerprint density at radius 3 is 2.63 bits per heavy atom. The summed E-state index contributed by atoms with van der Waals surface area (Å²) in [4.78, 5) is 11.9. The molecule has 1 saturated carbocycles. The van der Waals surface area contributed by atoms with Crippen molar-refractivity contribution in [3.63, 3.8) is 0 Å². The van der Waals surface area contributed by atoms with Crippen molar-refractivity contribution in [2.75, 3.05) is 6.54 Å². The maximum absolute atomic E-state index is 10.8. The zero-order valence-electron chi connectivity index (χ0n) is 11.5. The molecule has 4 heteroatoms. The van der Waals surface area contributed by atoms with Crippen molar-refractivity contribution in [1.82, 2.24) is 5.32 Å². The first kappa shape index (κ1) is 14.5. The van der Waals surface area contributed by atoms with Crippen LogP contribution in [0.1, 0.15) is 54.3 Å². The van der Waals surface area contributed by atoms with E-state index in [0.717, 1.165) is 29.8 Å². The number of hydrogen-bond acceptors (Lipinski definition) is 3. The van der Waals surface area contributed by atoms with Gasteiger partial charge in [0.2, 0.25) is 0 Å². The van der Waals surface area contributed by atoms with Gasteiger partial charge in [-0.3, -0.25) is 0 Å². The highest BCUT2D eigenvalue weighted by Gasteiger charge is 2.19. The Balaban J connectivity index is 1.67. The molecular formula is C15H23NO2S. The van der Waals surface area contributed by atoms with Gasteiger partial charge in [-0.2, -0.15) is 0 Å².